The number of benzene rings is 1. The van der Waals surface area contributed by atoms with Crippen molar-refractivity contribution in [3.63, 3.8) is 0 Å². The van der Waals surface area contributed by atoms with Gasteiger partial charge in [-0.25, -0.2) is 0 Å². The van der Waals surface area contributed by atoms with E-state index in [4.69, 9.17) is 4.42 Å². The Kier molecular flexibility index (Phi) is 3.85. The van der Waals surface area contributed by atoms with E-state index in [1.54, 1.807) is 0 Å². The molecule has 2 nitrogen and oxygen atoms in total. The molecule has 17 heavy (non-hydrogen) atoms. The Balaban J connectivity index is 2.36. The molecule has 0 amide bonds. The lowest BCUT2D eigenvalue weighted by Gasteiger charge is -2.13. The fourth-order valence-electron chi connectivity index (χ4n) is 2.01. The lowest BCUT2D eigenvalue weighted by atomic mass is 10.0. The molecular weight excluding hydrogens is 210 g/mol. The van der Waals surface area contributed by atoms with Crippen LogP contribution in [-0.2, 0) is 0 Å². The Morgan fingerprint density at radius 3 is 2.94 bits per heavy atom. The van der Waals surface area contributed by atoms with E-state index in [-0.39, 0.29) is 6.04 Å². The molecule has 0 aliphatic rings. The number of furan rings is 1. The molecule has 0 aliphatic heterocycles. The zero-order chi connectivity index (χ0) is 12.1. The summed E-state index contributed by atoms with van der Waals surface area (Å²) < 4.78 is 5.57. The van der Waals surface area contributed by atoms with Crippen LogP contribution in [0.5, 0.6) is 0 Å². The van der Waals surface area contributed by atoms with Gasteiger partial charge in [-0.15, -0.1) is 11.8 Å². The summed E-state index contributed by atoms with van der Waals surface area (Å²) in [6.07, 6.45) is 2.66. The van der Waals surface area contributed by atoms with Gasteiger partial charge in [-0.1, -0.05) is 25.1 Å². The van der Waals surface area contributed by atoms with Crippen LogP contribution in [0.2, 0.25) is 0 Å². The third-order valence-electron chi connectivity index (χ3n) is 2.82. The summed E-state index contributed by atoms with van der Waals surface area (Å²) in [4.78, 5) is 0. The molecular formula is C15H17NO. The second-order valence-electron chi connectivity index (χ2n) is 3.93. The predicted octanol–water partition coefficient (Wildman–Crippen LogP) is 3.50. The standard InChI is InChI=1S/C15H17NO/c1-3-5-9-14(16-4-2)13-11-17-15-10-7-6-8-12(13)15/h6-8,10-11,14,16H,4,9H2,1-2H3. The first kappa shape index (κ1) is 11.8. The topological polar surface area (TPSA) is 25.2 Å². The van der Waals surface area contributed by atoms with E-state index in [1.165, 1.54) is 10.9 Å². The van der Waals surface area contributed by atoms with Crippen LogP contribution >= 0.6 is 0 Å². The van der Waals surface area contributed by atoms with Crippen molar-refractivity contribution < 1.29 is 4.42 Å². The zero-order valence-corrected chi connectivity index (χ0v) is 10.3. The number of fused-ring (bicyclic) bond motifs is 1. The number of para-hydroxylation sites is 1. The molecule has 2 heteroatoms. The van der Waals surface area contributed by atoms with Gasteiger partial charge in [-0.05, 0) is 19.5 Å². The van der Waals surface area contributed by atoms with Crippen molar-refractivity contribution in [2.45, 2.75) is 26.3 Å². The van der Waals surface area contributed by atoms with E-state index in [0.29, 0.717) is 0 Å². The lowest BCUT2D eigenvalue weighted by Crippen LogP contribution is -2.20. The highest BCUT2D eigenvalue weighted by Crippen LogP contribution is 2.27. The summed E-state index contributed by atoms with van der Waals surface area (Å²) in [5.74, 6) is 6.08. The van der Waals surface area contributed by atoms with Crippen molar-refractivity contribution in [3.8, 4) is 11.8 Å². The first-order chi connectivity index (χ1) is 8.36. The van der Waals surface area contributed by atoms with Gasteiger partial charge in [0, 0.05) is 23.4 Å². The molecule has 0 spiro atoms. The number of hydrogen-bond donors (Lipinski definition) is 1. The van der Waals surface area contributed by atoms with Crippen LogP contribution in [0.4, 0.5) is 0 Å². The van der Waals surface area contributed by atoms with Crippen LogP contribution in [0.1, 0.15) is 31.9 Å². The molecule has 2 rings (SSSR count). The molecule has 0 aliphatic carbocycles. The van der Waals surface area contributed by atoms with Crippen molar-refractivity contribution in [2.75, 3.05) is 6.54 Å². The van der Waals surface area contributed by atoms with E-state index < -0.39 is 0 Å². The van der Waals surface area contributed by atoms with Crippen molar-refractivity contribution >= 4 is 11.0 Å². The van der Waals surface area contributed by atoms with Crippen LogP contribution in [0.15, 0.2) is 34.9 Å². The summed E-state index contributed by atoms with van der Waals surface area (Å²) >= 11 is 0. The quantitative estimate of drug-likeness (QED) is 0.809. The Labute approximate surface area is 102 Å². The molecule has 0 saturated heterocycles. The fraction of sp³-hybridized carbons (Fsp3) is 0.333. The highest BCUT2D eigenvalue weighted by atomic mass is 16.3. The monoisotopic (exact) mass is 227 g/mol. The van der Waals surface area contributed by atoms with E-state index in [0.717, 1.165) is 18.5 Å². The molecule has 0 saturated carbocycles. The van der Waals surface area contributed by atoms with Crippen LogP contribution in [-0.4, -0.2) is 6.54 Å². The highest BCUT2D eigenvalue weighted by molar-refractivity contribution is 5.81. The average Bonchev–Trinajstić information content (AvgIpc) is 2.78. The number of nitrogens with one attached hydrogen (secondary N) is 1. The lowest BCUT2D eigenvalue weighted by molar-refractivity contribution is 0.547. The summed E-state index contributed by atoms with van der Waals surface area (Å²) in [6.45, 7) is 4.90. The van der Waals surface area contributed by atoms with Crippen molar-refractivity contribution in [3.05, 3.63) is 36.1 Å². The molecule has 0 bridgehead atoms. The Morgan fingerprint density at radius 2 is 2.18 bits per heavy atom. The van der Waals surface area contributed by atoms with Crippen LogP contribution < -0.4 is 5.32 Å². The molecule has 1 N–H and O–H groups in total. The van der Waals surface area contributed by atoms with Gasteiger partial charge in [0.1, 0.15) is 5.58 Å². The highest BCUT2D eigenvalue weighted by Gasteiger charge is 2.14. The van der Waals surface area contributed by atoms with E-state index in [9.17, 15) is 0 Å². The van der Waals surface area contributed by atoms with Gasteiger partial charge < -0.3 is 9.73 Å². The van der Waals surface area contributed by atoms with E-state index >= 15 is 0 Å². The van der Waals surface area contributed by atoms with Gasteiger partial charge in [-0.2, -0.15) is 0 Å². The van der Waals surface area contributed by atoms with Gasteiger partial charge in [0.25, 0.3) is 0 Å². The van der Waals surface area contributed by atoms with Crippen molar-refractivity contribution in [2.24, 2.45) is 0 Å². The SMILES string of the molecule is CC#CCC(NCC)c1coc2ccccc12. The van der Waals surface area contributed by atoms with Gasteiger partial charge >= 0.3 is 0 Å². The molecule has 1 aromatic heterocycles. The third-order valence-corrected chi connectivity index (χ3v) is 2.82. The normalized spacial score (nSPS) is 12.1. The first-order valence-electron chi connectivity index (χ1n) is 5.96. The maximum Gasteiger partial charge on any atom is 0.134 e. The molecule has 88 valence electrons. The van der Waals surface area contributed by atoms with Crippen molar-refractivity contribution in [1.29, 1.82) is 0 Å². The minimum absolute atomic E-state index is 0.246. The van der Waals surface area contributed by atoms with Crippen molar-refractivity contribution in [1.82, 2.24) is 5.32 Å². The average molecular weight is 227 g/mol. The van der Waals surface area contributed by atoms with Crippen LogP contribution in [0, 0.1) is 11.8 Å². The van der Waals surface area contributed by atoms with E-state index in [2.05, 4.69) is 30.1 Å². The molecule has 1 aromatic carbocycles. The second-order valence-corrected chi connectivity index (χ2v) is 3.93. The minimum Gasteiger partial charge on any atom is -0.464 e. The molecule has 0 radical (unpaired) electrons. The second kappa shape index (κ2) is 5.56. The Bertz CT molecular complexity index is 545. The smallest absolute Gasteiger partial charge is 0.134 e. The molecule has 0 fully saturated rings. The predicted molar refractivity (Wildman–Crippen MR) is 70.7 cm³/mol. The minimum atomic E-state index is 0.246. The fourth-order valence-corrected chi connectivity index (χ4v) is 2.01. The summed E-state index contributed by atoms with van der Waals surface area (Å²) in [6, 6.07) is 8.36. The molecule has 1 heterocycles. The third kappa shape index (κ3) is 2.51. The number of rotatable bonds is 4. The molecule has 1 atom stereocenters. The summed E-state index contributed by atoms with van der Waals surface area (Å²) in [7, 11) is 0. The molecule has 2 aromatic rings. The van der Waals surface area contributed by atoms with Crippen LogP contribution in [0.3, 0.4) is 0 Å². The first-order valence-corrected chi connectivity index (χ1v) is 5.96. The van der Waals surface area contributed by atoms with Gasteiger partial charge in [0.05, 0.1) is 6.26 Å². The number of hydrogen-bond acceptors (Lipinski definition) is 2. The summed E-state index contributed by atoms with van der Waals surface area (Å²) in [5.41, 5.74) is 2.14. The van der Waals surface area contributed by atoms with E-state index in [1.807, 2.05) is 31.4 Å². The van der Waals surface area contributed by atoms with Crippen LogP contribution in [0.25, 0.3) is 11.0 Å². The van der Waals surface area contributed by atoms with Gasteiger partial charge in [-0.3, -0.25) is 0 Å². The summed E-state index contributed by atoms with van der Waals surface area (Å²) in [5, 5.41) is 4.63. The van der Waals surface area contributed by atoms with Gasteiger partial charge in [0.15, 0.2) is 0 Å². The molecule has 1 unspecified atom stereocenters. The largest absolute Gasteiger partial charge is 0.464 e. The Morgan fingerprint density at radius 1 is 1.35 bits per heavy atom. The van der Waals surface area contributed by atoms with Gasteiger partial charge in [0.2, 0.25) is 0 Å². The maximum atomic E-state index is 5.57. The maximum absolute atomic E-state index is 5.57. The Hall–Kier alpha value is -1.72. The zero-order valence-electron chi connectivity index (χ0n) is 10.3.